The van der Waals surface area contributed by atoms with Crippen LogP contribution in [-0.2, 0) is 25.7 Å². The SMILES string of the molecule is c1cc(-c2cccc3c2CC3)cc(-c2cccc3c2CC3)c1. The molecule has 0 atom stereocenters. The summed E-state index contributed by atoms with van der Waals surface area (Å²) >= 11 is 0. The molecular weight excluding hydrogens is 264 g/mol. The van der Waals surface area contributed by atoms with E-state index in [1.54, 1.807) is 11.1 Å². The second kappa shape index (κ2) is 4.58. The number of rotatable bonds is 2. The van der Waals surface area contributed by atoms with Gasteiger partial charge in [0, 0.05) is 0 Å². The molecular formula is C22H18. The average Bonchev–Trinajstić information content (AvgIpc) is 2.49. The molecule has 0 N–H and O–H groups in total. The van der Waals surface area contributed by atoms with E-state index in [1.807, 2.05) is 0 Å². The Kier molecular flexibility index (Phi) is 2.54. The van der Waals surface area contributed by atoms with Crippen molar-refractivity contribution in [2.75, 3.05) is 0 Å². The van der Waals surface area contributed by atoms with Gasteiger partial charge in [-0.3, -0.25) is 0 Å². The predicted octanol–water partition coefficient (Wildman–Crippen LogP) is 5.22. The van der Waals surface area contributed by atoms with Gasteiger partial charge in [0.1, 0.15) is 0 Å². The van der Waals surface area contributed by atoms with Crippen LogP contribution in [0, 0.1) is 0 Å². The highest BCUT2D eigenvalue weighted by molar-refractivity contribution is 5.78. The maximum Gasteiger partial charge on any atom is -0.0149 e. The lowest BCUT2D eigenvalue weighted by Crippen LogP contribution is -2.10. The fourth-order valence-electron chi connectivity index (χ4n) is 3.89. The van der Waals surface area contributed by atoms with Crippen molar-refractivity contribution in [1.29, 1.82) is 0 Å². The van der Waals surface area contributed by atoms with Gasteiger partial charge in [0.15, 0.2) is 0 Å². The molecule has 0 aromatic heterocycles. The zero-order valence-electron chi connectivity index (χ0n) is 12.6. The first-order valence-electron chi connectivity index (χ1n) is 8.22. The van der Waals surface area contributed by atoms with E-state index in [9.17, 15) is 0 Å². The molecule has 0 aliphatic heterocycles. The van der Waals surface area contributed by atoms with Crippen LogP contribution < -0.4 is 0 Å². The molecule has 0 fully saturated rings. The van der Waals surface area contributed by atoms with Crippen molar-refractivity contribution in [2.24, 2.45) is 0 Å². The van der Waals surface area contributed by atoms with Crippen molar-refractivity contribution in [2.45, 2.75) is 25.7 Å². The van der Waals surface area contributed by atoms with Crippen molar-refractivity contribution < 1.29 is 0 Å². The molecule has 22 heavy (non-hydrogen) atoms. The molecule has 0 unspecified atom stereocenters. The fourth-order valence-corrected chi connectivity index (χ4v) is 3.89. The first-order chi connectivity index (χ1) is 10.9. The molecule has 0 heterocycles. The Labute approximate surface area is 131 Å². The van der Waals surface area contributed by atoms with Gasteiger partial charge in [-0.1, -0.05) is 54.6 Å². The molecule has 0 nitrogen and oxygen atoms in total. The zero-order valence-corrected chi connectivity index (χ0v) is 12.6. The minimum atomic E-state index is 1.23. The Hall–Kier alpha value is -2.34. The van der Waals surface area contributed by atoms with Crippen LogP contribution >= 0.6 is 0 Å². The molecule has 3 aromatic rings. The highest BCUT2D eigenvalue weighted by Gasteiger charge is 2.19. The summed E-state index contributed by atoms with van der Waals surface area (Å²) in [5.41, 5.74) is 11.8. The minimum absolute atomic E-state index is 1.23. The van der Waals surface area contributed by atoms with E-state index in [4.69, 9.17) is 0 Å². The van der Waals surface area contributed by atoms with Crippen molar-refractivity contribution >= 4 is 0 Å². The van der Waals surface area contributed by atoms with Crippen LogP contribution in [0.15, 0.2) is 60.7 Å². The van der Waals surface area contributed by atoms with E-state index in [1.165, 1.54) is 59.1 Å². The van der Waals surface area contributed by atoms with Gasteiger partial charge >= 0.3 is 0 Å². The summed E-state index contributed by atoms with van der Waals surface area (Å²) in [4.78, 5) is 0. The van der Waals surface area contributed by atoms with Crippen molar-refractivity contribution in [3.05, 3.63) is 82.9 Å². The standard InChI is InChI=1S/C22H18/c1-6-17(19-8-2-4-15-10-12-21(15)19)14-18(7-1)20-9-3-5-16-11-13-22(16)20/h1-9,14H,10-13H2. The van der Waals surface area contributed by atoms with Gasteiger partial charge in [0.05, 0.1) is 0 Å². The molecule has 0 saturated heterocycles. The topological polar surface area (TPSA) is 0 Å². The van der Waals surface area contributed by atoms with Gasteiger partial charge in [0.25, 0.3) is 0 Å². The van der Waals surface area contributed by atoms with Gasteiger partial charge in [-0.05, 0) is 76.3 Å². The normalized spacial score (nSPS) is 14.5. The quantitative estimate of drug-likeness (QED) is 0.604. The molecule has 0 radical (unpaired) electrons. The lowest BCUT2D eigenvalue weighted by Gasteiger charge is -2.24. The lowest BCUT2D eigenvalue weighted by atomic mass is 9.80. The van der Waals surface area contributed by atoms with Crippen LogP contribution in [0.5, 0.6) is 0 Å². The molecule has 0 amide bonds. The fraction of sp³-hybridized carbons (Fsp3) is 0.182. The lowest BCUT2D eigenvalue weighted by molar-refractivity contribution is 0.841. The van der Waals surface area contributed by atoms with Crippen LogP contribution in [-0.4, -0.2) is 0 Å². The van der Waals surface area contributed by atoms with Gasteiger partial charge in [0.2, 0.25) is 0 Å². The van der Waals surface area contributed by atoms with Crippen LogP contribution in [0.25, 0.3) is 22.3 Å². The monoisotopic (exact) mass is 282 g/mol. The summed E-state index contributed by atoms with van der Waals surface area (Å²) < 4.78 is 0. The van der Waals surface area contributed by atoms with Crippen molar-refractivity contribution in [1.82, 2.24) is 0 Å². The summed E-state index contributed by atoms with van der Waals surface area (Å²) in [5.74, 6) is 0. The summed E-state index contributed by atoms with van der Waals surface area (Å²) in [6.07, 6.45) is 4.96. The van der Waals surface area contributed by atoms with Crippen LogP contribution in [0.3, 0.4) is 0 Å². The third-order valence-electron chi connectivity index (χ3n) is 5.32. The average molecular weight is 282 g/mol. The first kappa shape index (κ1) is 12.2. The van der Waals surface area contributed by atoms with E-state index >= 15 is 0 Å². The summed E-state index contributed by atoms with van der Waals surface area (Å²) in [6.45, 7) is 0. The molecule has 2 aliphatic carbocycles. The largest absolute Gasteiger partial charge is 0.0614 e. The van der Waals surface area contributed by atoms with E-state index in [0.29, 0.717) is 0 Å². The van der Waals surface area contributed by atoms with E-state index in [0.717, 1.165) is 0 Å². The van der Waals surface area contributed by atoms with Gasteiger partial charge in [-0.15, -0.1) is 0 Å². The van der Waals surface area contributed by atoms with Gasteiger partial charge < -0.3 is 0 Å². The second-order valence-electron chi connectivity index (χ2n) is 6.47. The predicted molar refractivity (Wildman–Crippen MR) is 92.1 cm³/mol. The second-order valence-corrected chi connectivity index (χ2v) is 6.47. The summed E-state index contributed by atoms with van der Waals surface area (Å²) in [6, 6.07) is 22.6. The highest BCUT2D eigenvalue weighted by Crippen LogP contribution is 2.37. The molecule has 5 rings (SSSR count). The summed E-state index contributed by atoms with van der Waals surface area (Å²) in [7, 11) is 0. The first-order valence-corrected chi connectivity index (χ1v) is 8.22. The van der Waals surface area contributed by atoms with Gasteiger partial charge in [-0.25, -0.2) is 0 Å². The van der Waals surface area contributed by atoms with Crippen molar-refractivity contribution in [3.63, 3.8) is 0 Å². The smallest absolute Gasteiger partial charge is 0.0149 e. The van der Waals surface area contributed by atoms with E-state index in [2.05, 4.69) is 60.7 Å². The Balaban J connectivity index is 1.65. The van der Waals surface area contributed by atoms with Crippen LogP contribution in [0.2, 0.25) is 0 Å². The highest BCUT2D eigenvalue weighted by atomic mass is 14.2. The van der Waals surface area contributed by atoms with Gasteiger partial charge in [-0.2, -0.15) is 0 Å². The molecule has 0 saturated carbocycles. The third kappa shape index (κ3) is 1.70. The number of hydrogen-bond acceptors (Lipinski definition) is 0. The molecule has 106 valence electrons. The number of fused-ring (bicyclic) bond motifs is 2. The summed E-state index contributed by atoms with van der Waals surface area (Å²) in [5, 5.41) is 0. The molecule has 0 bridgehead atoms. The maximum atomic E-state index is 2.38. The molecule has 2 aliphatic rings. The Morgan fingerprint density at radius 2 is 1.00 bits per heavy atom. The Bertz CT molecular complexity index is 816. The van der Waals surface area contributed by atoms with Crippen molar-refractivity contribution in [3.8, 4) is 22.3 Å². The zero-order chi connectivity index (χ0) is 14.5. The molecule has 0 spiro atoms. The Morgan fingerprint density at radius 1 is 0.500 bits per heavy atom. The molecule has 0 heteroatoms. The number of benzene rings is 3. The number of hydrogen-bond donors (Lipinski definition) is 0. The number of aryl methyl sites for hydroxylation is 2. The van der Waals surface area contributed by atoms with Crippen LogP contribution in [0.1, 0.15) is 22.3 Å². The van der Waals surface area contributed by atoms with Crippen LogP contribution in [0.4, 0.5) is 0 Å². The minimum Gasteiger partial charge on any atom is -0.0614 e. The maximum absolute atomic E-state index is 2.38. The Morgan fingerprint density at radius 3 is 1.45 bits per heavy atom. The van der Waals surface area contributed by atoms with E-state index < -0.39 is 0 Å². The third-order valence-corrected chi connectivity index (χ3v) is 5.32. The molecule has 3 aromatic carbocycles. The van der Waals surface area contributed by atoms with E-state index in [-0.39, 0.29) is 0 Å².